The van der Waals surface area contributed by atoms with Gasteiger partial charge in [0.1, 0.15) is 0 Å². The van der Waals surface area contributed by atoms with Crippen LogP contribution in [0.2, 0.25) is 0 Å². The van der Waals surface area contributed by atoms with Gasteiger partial charge in [-0.15, -0.1) is 13.2 Å². The highest BCUT2D eigenvalue weighted by molar-refractivity contribution is 4.92. The molecule has 1 saturated heterocycles. The maximum absolute atomic E-state index is 6.23. The third-order valence-electron chi connectivity index (χ3n) is 3.89. The number of hydrogen-bond donors (Lipinski definition) is 1. The molecule has 2 fully saturated rings. The van der Waals surface area contributed by atoms with E-state index >= 15 is 0 Å². The summed E-state index contributed by atoms with van der Waals surface area (Å²) >= 11 is 0. The van der Waals surface area contributed by atoms with Crippen LogP contribution in [-0.2, 0) is 9.47 Å². The van der Waals surface area contributed by atoms with Crippen molar-refractivity contribution >= 4 is 0 Å². The topological polar surface area (TPSA) is 30.5 Å². The van der Waals surface area contributed by atoms with Crippen molar-refractivity contribution in [2.45, 2.75) is 56.5 Å². The second-order valence-corrected chi connectivity index (χ2v) is 5.27. The zero-order valence-corrected chi connectivity index (χ0v) is 11.2. The molecule has 1 spiro atoms. The van der Waals surface area contributed by atoms with Gasteiger partial charge in [0.05, 0.1) is 12.7 Å². The summed E-state index contributed by atoms with van der Waals surface area (Å²) in [7, 11) is 0. The van der Waals surface area contributed by atoms with Crippen LogP contribution in [0.4, 0.5) is 0 Å². The molecule has 0 amide bonds. The molecule has 1 aliphatic heterocycles. The second kappa shape index (κ2) is 6.50. The predicted octanol–water partition coefficient (Wildman–Crippen LogP) is 2.78. The van der Waals surface area contributed by atoms with Crippen LogP contribution in [0, 0.1) is 0 Å². The highest BCUT2D eigenvalue weighted by Gasteiger charge is 2.44. The fourth-order valence-corrected chi connectivity index (χ4v) is 2.91. The van der Waals surface area contributed by atoms with Gasteiger partial charge in [-0.3, -0.25) is 0 Å². The molecule has 3 heteroatoms. The van der Waals surface area contributed by atoms with Gasteiger partial charge in [-0.05, 0) is 19.3 Å². The van der Waals surface area contributed by atoms with Crippen LogP contribution in [0.25, 0.3) is 0 Å². The van der Waals surface area contributed by atoms with E-state index in [1.165, 1.54) is 19.3 Å². The van der Waals surface area contributed by atoms with Gasteiger partial charge in [0, 0.05) is 25.4 Å². The molecule has 0 aromatic rings. The number of ether oxygens (including phenoxy) is 2. The summed E-state index contributed by atoms with van der Waals surface area (Å²) in [6.07, 6.45) is 10.7. The van der Waals surface area contributed by atoms with Crippen molar-refractivity contribution < 1.29 is 9.47 Å². The van der Waals surface area contributed by atoms with E-state index in [1.807, 2.05) is 12.2 Å². The molecule has 2 aliphatic rings. The fraction of sp³-hybridized carbons (Fsp3) is 0.733. The zero-order valence-electron chi connectivity index (χ0n) is 11.2. The predicted molar refractivity (Wildman–Crippen MR) is 73.4 cm³/mol. The Hall–Kier alpha value is -0.640. The van der Waals surface area contributed by atoms with E-state index in [2.05, 4.69) is 18.5 Å². The summed E-state index contributed by atoms with van der Waals surface area (Å²) in [6, 6.07) is 0.279. The lowest BCUT2D eigenvalue weighted by Crippen LogP contribution is -2.43. The number of hydrogen-bond acceptors (Lipinski definition) is 3. The largest absolute Gasteiger partial charge is 0.347 e. The van der Waals surface area contributed by atoms with Crippen LogP contribution in [0.5, 0.6) is 0 Å². The molecule has 0 bridgehead atoms. The fourth-order valence-electron chi connectivity index (χ4n) is 2.91. The SMILES string of the molecule is C=CCNC(CC=C)[C@H]1COC2(CCCCC2)O1. The first-order valence-corrected chi connectivity index (χ1v) is 7.06. The van der Waals surface area contributed by atoms with E-state index < -0.39 is 0 Å². The molecular formula is C15H25NO2. The van der Waals surface area contributed by atoms with E-state index in [9.17, 15) is 0 Å². The summed E-state index contributed by atoms with van der Waals surface area (Å²) in [6.45, 7) is 9.06. The van der Waals surface area contributed by atoms with Crippen molar-refractivity contribution in [1.29, 1.82) is 0 Å². The molecular weight excluding hydrogens is 226 g/mol. The third kappa shape index (κ3) is 3.22. The molecule has 3 nitrogen and oxygen atoms in total. The van der Waals surface area contributed by atoms with Gasteiger partial charge in [0.25, 0.3) is 0 Å². The lowest BCUT2D eigenvalue weighted by Gasteiger charge is -2.32. The monoisotopic (exact) mass is 251 g/mol. The average Bonchev–Trinajstić information content (AvgIpc) is 2.79. The summed E-state index contributed by atoms with van der Waals surface area (Å²) in [4.78, 5) is 0. The van der Waals surface area contributed by atoms with Crippen LogP contribution < -0.4 is 5.32 Å². The molecule has 1 heterocycles. The Morgan fingerprint density at radius 1 is 1.22 bits per heavy atom. The number of rotatable bonds is 6. The molecule has 18 heavy (non-hydrogen) atoms. The summed E-state index contributed by atoms with van der Waals surface area (Å²) < 4.78 is 12.2. The Labute approximate surface area is 110 Å². The van der Waals surface area contributed by atoms with Crippen molar-refractivity contribution in [1.82, 2.24) is 5.32 Å². The lowest BCUT2D eigenvalue weighted by molar-refractivity contribution is -0.189. The van der Waals surface area contributed by atoms with Gasteiger partial charge >= 0.3 is 0 Å². The van der Waals surface area contributed by atoms with Crippen LogP contribution in [0.1, 0.15) is 38.5 Å². The smallest absolute Gasteiger partial charge is 0.168 e. The second-order valence-electron chi connectivity index (χ2n) is 5.27. The molecule has 2 atom stereocenters. The Kier molecular flexibility index (Phi) is 4.98. The molecule has 1 saturated carbocycles. The minimum Gasteiger partial charge on any atom is -0.347 e. The van der Waals surface area contributed by atoms with Crippen LogP contribution in [0.15, 0.2) is 25.3 Å². The lowest BCUT2D eigenvalue weighted by atomic mass is 9.94. The van der Waals surface area contributed by atoms with E-state index in [0.29, 0.717) is 6.61 Å². The van der Waals surface area contributed by atoms with Gasteiger partial charge in [0.15, 0.2) is 5.79 Å². The highest BCUT2D eigenvalue weighted by atomic mass is 16.7. The van der Waals surface area contributed by atoms with Crippen molar-refractivity contribution in [2.24, 2.45) is 0 Å². The van der Waals surface area contributed by atoms with E-state index in [4.69, 9.17) is 9.47 Å². The zero-order chi connectivity index (χ0) is 12.8. The molecule has 1 N–H and O–H groups in total. The molecule has 0 radical (unpaired) electrons. The first-order chi connectivity index (χ1) is 8.79. The van der Waals surface area contributed by atoms with E-state index in [0.717, 1.165) is 25.8 Å². The Morgan fingerprint density at radius 3 is 2.67 bits per heavy atom. The minimum atomic E-state index is -0.280. The van der Waals surface area contributed by atoms with Crippen molar-refractivity contribution in [2.75, 3.05) is 13.2 Å². The van der Waals surface area contributed by atoms with Gasteiger partial charge in [-0.2, -0.15) is 0 Å². The molecule has 102 valence electrons. The first kappa shape index (κ1) is 13.8. The summed E-state index contributed by atoms with van der Waals surface area (Å²) in [5, 5.41) is 3.44. The number of nitrogens with one attached hydrogen (secondary N) is 1. The standard InChI is InChI=1S/C15H25NO2/c1-3-8-13(16-11-4-2)14-12-17-15(18-14)9-6-5-7-10-15/h3-4,13-14,16H,1-2,5-12H2/t13?,14-/m1/s1. The Morgan fingerprint density at radius 2 is 2.00 bits per heavy atom. The van der Waals surface area contributed by atoms with Gasteiger partial charge in [0.2, 0.25) is 0 Å². The third-order valence-corrected chi connectivity index (χ3v) is 3.89. The van der Waals surface area contributed by atoms with Crippen LogP contribution in [0.3, 0.4) is 0 Å². The van der Waals surface area contributed by atoms with E-state index in [1.54, 1.807) is 0 Å². The summed E-state index contributed by atoms with van der Waals surface area (Å²) in [5.74, 6) is -0.280. The molecule has 2 rings (SSSR count). The van der Waals surface area contributed by atoms with Crippen LogP contribution in [-0.4, -0.2) is 31.1 Å². The van der Waals surface area contributed by atoms with Gasteiger partial charge in [-0.1, -0.05) is 18.6 Å². The summed E-state index contributed by atoms with van der Waals surface area (Å²) in [5.41, 5.74) is 0. The molecule has 1 unspecified atom stereocenters. The molecule has 0 aromatic carbocycles. The quantitative estimate of drug-likeness (QED) is 0.736. The Bertz CT molecular complexity index is 284. The van der Waals surface area contributed by atoms with Crippen molar-refractivity contribution in [3.05, 3.63) is 25.3 Å². The maximum atomic E-state index is 6.23. The van der Waals surface area contributed by atoms with E-state index in [-0.39, 0.29) is 17.9 Å². The highest BCUT2D eigenvalue weighted by Crippen LogP contribution is 2.38. The normalized spacial score (nSPS) is 28.1. The molecule has 1 aliphatic carbocycles. The first-order valence-electron chi connectivity index (χ1n) is 7.06. The maximum Gasteiger partial charge on any atom is 0.168 e. The van der Waals surface area contributed by atoms with Crippen molar-refractivity contribution in [3.63, 3.8) is 0 Å². The average molecular weight is 251 g/mol. The Balaban J connectivity index is 1.91. The van der Waals surface area contributed by atoms with Crippen molar-refractivity contribution in [3.8, 4) is 0 Å². The van der Waals surface area contributed by atoms with Gasteiger partial charge < -0.3 is 14.8 Å². The minimum absolute atomic E-state index is 0.140. The van der Waals surface area contributed by atoms with Crippen LogP contribution >= 0.6 is 0 Å². The molecule has 0 aromatic heterocycles. The van der Waals surface area contributed by atoms with Gasteiger partial charge in [-0.25, -0.2) is 0 Å².